The monoisotopic (exact) mass is 407 g/mol. The summed E-state index contributed by atoms with van der Waals surface area (Å²) < 4.78 is 7.46. The van der Waals surface area contributed by atoms with Crippen LogP contribution in [-0.2, 0) is 11.3 Å². The predicted octanol–water partition coefficient (Wildman–Crippen LogP) is 5.00. The Balaban J connectivity index is 2.12. The number of carbonyl (C=O) groups is 1. The molecule has 1 aromatic heterocycles. The van der Waals surface area contributed by atoms with Crippen LogP contribution >= 0.6 is 11.6 Å². The van der Waals surface area contributed by atoms with Crippen molar-refractivity contribution in [2.24, 2.45) is 5.41 Å². The summed E-state index contributed by atoms with van der Waals surface area (Å²) in [6.07, 6.45) is 1.75. The molecule has 7 heteroatoms. The summed E-state index contributed by atoms with van der Waals surface area (Å²) >= 11 is 6.44. The number of likely N-dealkylation sites (tertiary alicyclic amines) is 1. The van der Waals surface area contributed by atoms with Gasteiger partial charge in [-0.15, -0.1) is 0 Å². The Morgan fingerprint density at radius 2 is 2.14 bits per heavy atom. The lowest BCUT2D eigenvalue weighted by molar-refractivity contribution is 0.0429. The van der Waals surface area contributed by atoms with E-state index in [9.17, 15) is 9.90 Å². The second kappa shape index (κ2) is 8.29. The molecule has 1 fully saturated rings. The molecule has 1 aromatic carbocycles. The zero-order chi connectivity index (χ0) is 20.5. The summed E-state index contributed by atoms with van der Waals surface area (Å²) in [6.45, 7) is 8.32. The Labute approximate surface area is 171 Å². The quantitative estimate of drug-likeness (QED) is 0.708. The lowest BCUT2D eigenvalue weighted by Gasteiger charge is -2.46. The fraction of sp³-hybridized carbons (Fsp3) is 0.619. The van der Waals surface area contributed by atoms with Crippen LogP contribution in [0, 0.1) is 5.41 Å². The number of halogens is 1. The highest BCUT2D eigenvalue weighted by Gasteiger charge is 2.44. The number of aryl methyl sites for hydroxylation is 1. The SMILES string of the molecule is COCCCn1c(C2CCCN(C(=O)O)[C@H]2C(C)(C)C)nc2c(Cl)cccc21. The molecule has 2 aromatic rings. The van der Waals surface area contributed by atoms with Gasteiger partial charge in [0.1, 0.15) is 11.3 Å². The maximum absolute atomic E-state index is 12.0. The van der Waals surface area contributed by atoms with Gasteiger partial charge in [-0.2, -0.15) is 0 Å². The van der Waals surface area contributed by atoms with Gasteiger partial charge in [-0.25, -0.2) is 9.78 Å². The van der Waals surface area contributed by atoms with E-state index >= 15 is 0 Å². The fourth-order valence-electron chi connectivity index (χ4n) is 4.57. The summed E-state index contributed by atoms with van der Waals surface area (Å²) in [7, 11) is 1.70. The van der Waals surface area contributed by atoms with Crippen LogP contribution in [0.1, 0.15) is 51.8 Å². The van der Waals surface area contributed by atoms with Crippen molar-refractivity contribution in [3.05, 3.63) is 29.0 Å². The van der Waals surface area contributed by atoms with Crippen LogP contribution in [0.5, 0.6) is 0 Å². The summed E-state index contributed by atoms with van der Waals surface area (Å²) in [6, 6.07) is 5.69. The van der Waals surface area contributed by atoms with Crippen LogP contribution in [0.15, 0.2) is 18.2 Å². The minimum absolute atomic E-state index is 0.0239. The average Bonchev–Trinajstić information content (AvgIpc) is 3.00. The third-order valence-corrected chi connectivity index (χ3v) is 5.89. The highest BCUT2D eigenvalue weighted by molar-refractivity contribution is 6.34. The van der Waals surface area contributed by atoms with Crippen LogP contribution in [-0.4, -0.2) is 52.0 Å². The van der Waals surface area contributed by atoms with E-state index in [2.05, 4.69) is 25.3 Å². The number of methoxy groups -OCH3 is 1. The van der Waals surface area contributed by atoms with E-state index in [1.165, 1.54) is 0 Å². The first-order valence-electron chi connectivity index (χ1n) is 9.89. The molecule has 0 saturated carbocycles. The molecular weight excluding hydrogens is 378 g/mol. The van der Waals surface area contributed by atoms with E-state index in [0.29, 0.717) is 18.2 Å². The summed E-state index contributed by atoms with van der Waals surface area (Å²) in [5.41, 5.74) is 1.58. The molecule has 0 aliphatic carbocycles. The van der Waals surface area contributed by atoms with Gasteiger partial charge in [0.05, 0.1) is 10.5 Å². The maximum atomic E-state index is 12.0. The minimum atomic E-state index is -0.857. The van der Waals surface area contributed by atoms with Crippen molar-refractivity contribution in [3.63, 3.8) is 0 Å². The van der Waals surface area contributed by atoms with Crippen LogP contribution in [0.3, 0.4) is 0 Å². The van der Waals surface area contributed by atoms with Crippen LogP contribution < -0.4 is 0 Å². The number of carboxylic acid groups (broad SMARTS) is 1. The number of aromatic nitrogens is 2. The first-order chi connectivity index (χ1) is 13.3. The van der Waals surface area contributed by atoms with Crippen molar-refractivity contribution >= 4 is 28.7 Å². The third kappa shape index (κ3) is 3.98. The molecule has 3 rings (SSSR count). The van der Waals surface area contributed by atoms with Gasteiger partial charge in [0.2, 0.25) is 0 Å². The lowest BCUT2D eigenvalue weighted by Crippen LogP contribution is -2.53. The van der Waals surface area contributed by atoms with Crippen molar-refractivity contribution in [3.8, 4) is 0 Å². The first-order valence-corrected chi connectivity index (χ1v) is 10.3. The van der Waals surface area contributed by atoms with Gasteiger partial charge in [0, 0.05) is 38.8 Å². The largest absolute Gasteiger partial charge is 0.465 e. The molecule has 0 spiro atoms. The molecule has 28 heavy (non-hydrogen) atoms. The highest BCUT2D eigenvalue weighted by atomic mass is 35.5. The van der Waals surface area contributed by atoms with Gasteiger partial charge in [0.15, 0.2) is 0 Å². The van der Waals surface area contributed by atoms with Crippen LogP contribution in [0.25, 0.3) is 11.0 Å². The normalized spacial score (nSPS) is 20.7. The Bertz CT molecular complexity index is 843. The fourth-order valence-corrected chi connectivity index (χ4v) is 4.78. The van der Waals surface area contributed by atoms with Gasteiger partial charge >= 0.3 is 6.09 Å². The third-order valence-electron chi connectivity index (χ3n) is 5.59. The van der Waals surface area contributed by atoms with Crippen molar-refractivity contribution in [1.29, 1.82) is 0 Å². The number of hydrogen-bond donors (Lipinski definition) is 1. The average molecular weight is 408 g/mol. The molecule has 1 amide bonds. The zero-order valence-electron chi connectivity index (χ0n) is 17.1. The van der Waals surface area contributed by atoms with E-state index < -0.39 is 6.09 Å². The molecular formula is C21H30ClN3O3. The molecule has 1 N–H and O–H groups in total. The number of nitrogens with zero attached hydrogens (tertiary/aromatic N) is 3. The van der Waals surface area contributed by atoms with E-state index in [1.54, 1.807) is 12.0 Å². The lowest BCUT2D eigenvalue weighted by atomic mass is 9.73. The van der Waals surface area contributed by atoms with Gasteiger partial charge in [0.25, 0.3) is 0 Å². The predicted molar refractivity (Wildman–Crippen MR) is 111 cm³/mol. The van der Waals surface area contributed by atoms with Crippen molar-refractivity contribution in [2.75, 3.05) is 20.3 Å². The Hall–Kier alpha value is -1.79. The van der Waals surface area contributed by atoms with E-state index in [-0.39, 0.29) is 17.4 Å². The van der Waals surface area contributed by atoms with Crippen LogP contribution in [0.4, 0.5) is 4.79 Å². The first kappa shape index (κ1) is 20.9. The molecule has 1 aliphatic heterocycles. The van der Waals surface area contributed by atoms with Crippen molar-refractivity contribution < 1.29 is 14.6 Å². The van der Waals surface area contributed by atoms with Gasteiger partial charge in [-0.1, -0.05) is 38.4 Å². The second-order valence-corrected chi connectivity index (χ2v) is 9.02. The van der Waals surface area contributed by atoms with E-state index in [4.69, 9.17) is 21.3 Å². The molecule has 6 nitrogen and oxygen atoms in total. The number of para-hydroxylation sites is 1. The molecule has 1 unspecified atom stereocenters. The van der Waals surface area contributed by atoms with Gasteiger partial charge < -0.3 is 19.3 Å². The van der Waals surface area contributed by atoms with E-state index in [0.717, 1.165) is 42.7 Å². The second-order valence-electron chi connectivity index (χ2n) is 8.61. The number of hydrogen-bond acceptors (Lipinski definition) is 3. The summed E-state index contributed by atoms with van der Waals surface area (Å²) in [5.74, 6) is 0.959. The molecule has 1 saturated heterocycles. The number of amides is 1. The van der Waals surface area contributed by atoms with E-state index in [1.807, 2.05) is 18.2 Å². The van der Waals surface area contributed by atoms with Crippen molar-refractivity contribution in [1.82, 2.24) is 14.5 Å². The topological polar surface area (TPSA) is 67.6 Å². The Morgan fingerprint density at radius 1 is 1.39 bits per heavy atom. The number of ether oxygens (including phenoxy) is 1. The minimum Gasteiger partial charge on any atom is -0.465 e. The van der Waals surface area contributed by atoms with Crippen LogP contribution in [0.2, 0.25) is 5.02 Å². The molecule has 2 atom stereocenters. The molecule has 2 heterocycles. The van der Waals surface area contributed by atoms with Gasteiger partial charge in [-0.05, 0) is 36.8 Å². The molecule has 1 aliphatic rings. The van der Waals surface area contributed by atoms with Crippen molar-refractivity contribution in [2.45, 2.75) is 58.5 Å². The number of fused-ring (bicyclic) bond motifs is 1. The van der Waals surface area contributed by atoms with Gasteiger partial charge in [-0.3, -0.25) is 0 Å². The smallest absolute Gasteiger partial charge is 0.407 e. The number of rotatable bonds is 5. The molecule has 0 bridgehead atoms. The molecule has 154 valence electrons. The standard InChI is InChI=1S/C21H30ClN3O3/c1-21(2,3)18-14(8-6-11-25(18)20(26)27)19-23-17-15(22)9-5-10-16(17)24(19)12-7-13-28-4/h5,9-10,14,18H,6-8,11-13H2,1-4H3,(H,26,27)/t14?,18-/m1/s1. The maximum Gasteiger partial charge on any atom is 0.407 e. The number of piperidine rings is 1. The summed E-state index contributed by atoms with van der Waals surface area (Å²) in [4.78, 5) is 18.5. The Kier molecular flexibility index (Phi) is 6.20. The summed E-state index contributed by atoms with van der Waals surface area (Å²) in [5, 5.41) is 10.5. The number of imidazole rings is 1. The Morgan fingerprint density at radius 3 is 2.79 bits per heavy atom. The zero-order valence-corrected chi connectivity index (χ0v) is 17.9. The molecule has 0 radical (unpaired) electrons. The number of benzene rings is 1. The highest BCUT2D eigenvalue weighted by Crippen LogP contribution is 2.42.